The lowest BCUT2D eigenvalue weighted by Crippen LogP contribution is -2.30. The van der Waals surface area contributed by atoms with Crippen LogP contribution in [0.15, 0.2) is 12.5 Å². The maximum Gasteiger partial charge on any atom is 0.151 e. The Morgan fingerprint density at radius 1 is 1.56 bits per heavy atom. The average Bonchev–Trinajstić information content (AvgIpc) is 2.75. The highest BCUT2D eigenvalue weighted by molar-refractivity contribution is 6.32. The molecule has 1 saturated heterocycles. The summed E-state index contributed by atoms with van der Waals surface area (Å²) in [5.74, 6) is 0.831. The van der Waals surface area contributed by atoms with Gasteiger partial charge in [0.1, 0.15) is 11.3 Å². The molecular weight excluding hydrogens is 226 g/mol. The predicted octanol–water partition coefficient (Wildman–Crippen LogP) is 1.87. The van der Waals surface area contributed by atoms with E-state index in [1.165, 1.54) is 6.33 Å². The van der Waals surface area contributed by atoms with Crippen molar-refractivity contribution >= 4 is 17.4 Å². The summed E-state index contributed by atoms with van der Waals surface area (Å²) in [6.45, 7) is 1.24. The standard InChI is InChI=1S/C11H16ClN3O/c12-10-7-13-8-14-11(10)15-5-1-3-9(15)4-2-6-16/h7-9,16H,1-6H2. The van der Waals surface area contributed by atoms with Crippen LogP contribution in [0.2, 0.25) is 5.02 Å². The number of hydrogen-bond acceptors (Lipinski definition) is 4. The molecule has 1 fully saturated rings. The first kappa shape index (κ1) is 11.6. The number of aromatic nitrogens is 2. The quantitative estimate of drug-likeness (QED) is 0.875. The van der Waals surface area contributed by atoms with E-state index in [1.807, 2.05) is 0 Å². The van der Waals surface area contributed by atoms with Crippen LogP contribution in [-0.4, -0.2) is 34.3 Å². The molecule has 0 saturated carbocycles. The van der Waals surface area contributed by atoms with Gasteiger partial charge < -0.3 is 10.0 Å². The molecule has 1 N–H and O–H groups in total. The van der Waals surface area contributed by atoms with E-state index in [4.69, 9.17) is 16.7 Å². The van der Waals surface area contributed by atoms with E-state index in [0.29, 0.717) is 11.1 Å². The third kappa shape index (κ3) is 2.44. The molecule has 0 amide bonds. The molecule has 0 bridgehead atoms. The predicted molar refractivity (Wildman–Crippen MR) is 63.7 cm³/mol. The summed E-state index contributed by atoms with van der Waals surface area (Å²) in [4.78, 5) is 10.4. The lowest BCUT2D eigenvalue weighted by atomic mass is 10.1. The molecule has 1 atom stereocenters. The average molecular weight is 242 g/mol. The van der Waals surface area contributed by atoms with Gasteiger partial charge in [0.25, 0.3) is 0 Å². The number of hydrogen-bond donors (Lipinski definition) is 1. The van der Waals surface area contributed by atoms with Gasteiger partial charge in [-0.2, -0.15) is 0 Å². The molecule has 2 heterocycles. The third-order valence-corrected chi connectivity index (χ3v) is 3.26. The minimum atomic E-state index is 0.252. The normalized spacial score (nSPS) is 20.4. The van der Waals surface area contributed by atoms with Crippen LogP contribution in [0.1, 0.15) is 25.7 Å². The first-order valence-electron chi connectivity index (χ1n) is 5.66. The van der Waals surface area contributed by atoms with E-state index in [2.05, 4.69) is 14.9 Å². The first-order chi connectivity index (χ1) is 7.83. The molecule has 0 aromatic carbocycles. The summed E-state index contributed by atoms with van der Waals surface area (Å²) in [6.07, 6.45) is 7.31. The highest BCUT2D eigenvalue weighted by atomic mass is 35.5. The molecule has 5 heteroatoms. The van der Waals surface area contributed by atoms with Crippen molar-refractivity contribution in [2.45, 2.75) is 31.7 Å². The molecule has 0 radical (unpaired) electrons. The number of aliphatic hydroxyl groups is 1. The van der Waals surface area contributed by atoms with E-state index >= 15 is 0 Å². The van der Waals surface area contributed by atoms with Crippen molar-refractivity contribution in [1.29, 1.82) is 0 Å². The topological polar surface area (TPSA) is 49.2 Å². The van der Waals surface area contributed by atoms with E-state index in [-0.39, 0.29) is 6.61 Å². The summed E-state index contributed by atoms with van der Waals surface area (Å²) >= 11 is 6.09. The highest BCUT2D eigenvalue weighted by Gasteiger charge is 2.26. The Morgan fingerprint density at radius 2 is 2.44 bits per heavy atom. The van der Waals surface area contributed by atoms with E-state index in [1.54, 1.807) is 6.20 Å². The number of anilines is 1. The van der Waals surface area contributed by atoms with Crippen LogP contribution in [0.25, 0.3) is 0 Å². The molecular formula is C11H16ClN3O. The summed E-state index contributed by atoms with van der Waals surface area (Å²) in [5, 5.41) is 9.48. The van der Waals surface area contributed by atoms with Crippen LogP contribution >= 0.6 is 11.6 Å². The Kier molecular flexibility index (Phi) is 3.96. The van der Waals surface area contributed by atoms with E-state index in [0.717, 1.165) is 38.0 Å². The van der Waals surface area contributed by atoms with Crippen LogP contribution < -0.4 is 4.90 Å². The Morgan fingerprint density at radius 3 is 3.19 bits per heavy atom. The lowest BCUT2D eigenvalue weighted by Gasteiger charge is -2.26. The molecule has 1 aromatic heterocycles. The second kappa shape index (κ2) is 5.46. The molecule has 16 heavy (non-hydrogen) atoms. The maximum atomic E-state index is 8.87. The van der Waals surface area contributed by atoms with Crippen LogP contribution in [0.5, 0.6) is 0 Å². The molecule has 4 nitrogen and oxygen atoms in total. The second-order valence-electron chi connectivity index (χ2n) is 4.05. The number of halogens is 1. The zero-order valence-electron chi connectivity index (χ0n) is 9.14. The van der Waals surface area contributed by atoms with E-state index < -0.39 is 0 Å². The number of rotatable bonds is 4. The summed E-state index contributed by atoms with van der Waals surface area (Å²) in [5.41, 5.74) is 0. The molecule has 1 aliphatic rings. The van der Waals surface area contributed by atoms with Gasteiger partial charge in [0.2, 0.25) is 0 Å². The molecule has 0 spiro atoms. The monoisotopic (exact) mass is 241 g/mol. The van der Waals surface area contributed by atoms with Crippen molar-refractivity contribution in [3.05, 3.63) is 17.5 Å². The first-order valence-corrected chi connectivity index (χ1v) is 6.03. The Hall–Kier alpha value is -0.870. The summed E-state index contributed by atoms with van der Waals surface area (Å²) in [7, 11) is 0. The van der Waals surface area contributed by atoms with Gasteiger partial charge in [-0.15, -0.1) is 0 Å². The molecule has 1 unspecified atom stereocenters. The van der Waals surface area contributed by atoms with Crippen LogP contribution in [0.4, 0.5) is 5.82 Å². The van der Waals surface area contributed by atoms with Gasteiger partial charge in [0.05, 0.1) is 6.20 Å². The van der Waals surface area contributed by atoms with Gasteiger partial charge in [0, 0.05) is 19.2 Å². The van der Waals surface area contributed by atoms with Gasteiger partial charge >= 0.3 is 0 Å². The second-order valence-corrected chi connectivity index (χ2v) is 4.46. The van der Waals surface area contributed by atoms with Gasteiger partial charge in [-0.1, -0.05) is 11.6 Å². The van der Waals surface area contributed by atoms with Gasteiger partial charge in [-0.25, -0.2) is 9.97 Å². The molecule has 0 aliphatic carbocycles. The fraction of sp³-hybridized carbons (Fsp3) is 0.636. The maximum absolute atomic E-state index is 8.87. The smallest absolute Gasteiger partial charge is 0.151 e. The summed E-state index contributed by atoms with van der Waals surface area (Å²) in [6, 6.07) is 0.458. The minimum Gasteiger partial charge on any atom is -0.396 e. The van der Waals surface area contributed by atoms with Crippen molar-refractivity contribution < 1.29 is 5.11 Å². The van der Waals surface area contributed by atoms with Crippen LogP contribution in [0, 0.1) is 0 Å². The fourth-order valence-electron chi connectivity index (χ4n) is 2.26. The van der Waals surface area contributed by atoms with Crippen molar-refractivity contribution in [2.75, 3.05) is 18.1 Å². The van der Waals surface area contributed by atoms with Crippen molar-refractivity contribution in [3.63, 3.8) is 0 Å². The largest absolute Gasteiger partial charge is 0.396 e. The number of aliphatic hydroxyl groups excluding tert-OH is 1. The van der Waals surface area contributed by atoms with Crippen LogP contribution in [0.3, 0.4) is 0 Å². The minimum absolute atomic E-state index is 0.252. The Balaban J connectivity index is 2.10. The molecule has 88 valence electrons. The van der Waals surface area contributed by atoms with Crippen molar-refractivity contribution in [1.82, 2.24) is 9.97 Å². The third-order valence-electron chi connectivity index (χ3n) is 2.99. The Labute approximate surface area is 100 Å². The summed E-state index contributed by atoms with van der Waals surface area (Å²) < 4.78 is 0. The molecule has 1 aliphatic heterocycles. The van der Waals surface area contributed by atoms with Crippen molar-refractivity contribution in [3.8, 4) is 0 Å². The van der Waals surface area contributed by atoms with Gasteiger partial charge in [0.15, 0.2) is 5.82 Å². The van der Waals surface area contributed by atoms with E-state index in [9.17, 15) is 0 Å². The van der Waals surface area contributed by atoms with Gasteiger partial charge in [-0.3, -0.25) is 0 Å². The SMILES string of the molecule is OCCCC1CCCN1c1ncncc1Cl. The highest BCUT2D eigenvalue weighted by Crippen LogP contribution is 2.30. The number of nitrogens with zero attached hydrogens (tertiary/aromatic N) is 3. The van der Waals surface area contributed by atoms with Crippen molar-refractivity contribution in [2.24, 2.45) is 0 Å². The fourth-order valence-corrected chi connectivity index (χ4v) is 2.47. The van der Waals surface area contributed by atoms with Crippen LogP contribution in [-0.2, 0) is 0 Å². The zero-order valence-corrected chi connectivity index (χ0v) is 9.90. The zero-order chi connectivity index (χ0) is 11.4. The lowest BCUT2D eigenvalue weighted by molar-refractivity contribution is 0.279. The molecule has 2 rings (SSSR count). The Bertz CT molecular complexity index is 348. The van der Waals surface area contributed by atoms with Gasteiger partial charge in [-0.05, 0) is 25.7 Å². The molecule has 1 aromatic rings.